The Morgan fingerprint density at radius 2 is 1.68 bits per heavy atom. The zero-order valence-corrected chi connectivity index (χ0v) is 13.1. The molecule has 112 valence electrons. The van der Waals surface area contributed by atoms with Crippen molar-refractivity contribution < 1.29 is 5.11 Å². The van der Waals surface area contributed by atoms with Gasteiger partial charge in [0.05, 0.1) is 0 Å². The van der Waals surface area contributed by atoms with Crippen LogP contribution in [-0.4, -0.2) is 30.6 Å². The van der Waals surface area contributed by atoms with Crippen LogP contribution in [0.1, 0.15) is 28.7 Å². The van der Waals surface area contributed by atoms with Gasteiger partial charge in [-0.05, 0) is 60.5 Å². The summed E-state index contributed by atoms with van der Waals surface area (Å²) in [6, 6.07) is 14.0. The molecule has 1 aliphatic rings. The third-order valence-electron chi connectivity index (χ3n) is 3.95. The molecule has 2 heteroatoms. The highest BCUT2D eigenvalue weighted by atomic mass is 16.3. The summed E-state index contributed by atoms with van der Waals surface area (Å²) in [6.07, 6.45) is 7.54. The molecule has 0 unspecified atom stereocenters. The lowest BCUT2D eigenvalue weighted by atomic mass is 9.92. The van der Waals surface area contributed by atoms with Crippen LogP contribution in [0.4, 0.5) is 0 Å². The summed E-state index contributed by atoms with van der Waals surface area (Å²) in [7, 11) is 4.17. The van der Waals surface area contributed by atoms with Crippen molar-refractivity contribution in [3.63, 3.8) is 0 Å². The molecule has 0 radical (unpaired) electrons. The van der Waals surface area contributed by atoms with E-state index in [2.05, 4.69) is 61.5 Å². The molecule has 1 aliphatic carbocycles. The second-order valence-electron chi connectivity index (χ2n) is 5.90. The van der Waals surface area contributed by atoms with Crippen LogP contribution in [0.5, 0.6) is 5.75 Å². The van der Waals surface area contributed by atoms with Crippen molar-refractivity contribution in [1.29, 1.82) is 0 Å². The fraction of sp³-hybridized carbons (Fsp3) is 0.200. The molecule has 0 saturated carbocycles. The minimum atomic E-state index is 0.310. The molecule has 0 heterocycles. The number of nitrogens with zero attached hydrogens (tertiary/aromatic N) is 1. The van der Waals surface area contributed by atoms with Crippen LogP contribution in [0.15, 0.2) is 48.5 Å². The van der Waals surface area contributed by atoms with Gasteiger partial charge in [0.1, 0.15) is 5.75 Å². The maximum Gasteiger partial charge on any atom is 0.116 e. The number of hydrogen-bond donors (Lipinski definition) is 1. The number of rotatable bonds is 3. The average Bonchev–Trinajstić information content (AvgIpc) is 2.65. The highest BCUT2D eigenvalue weighted by Crippen LogP contribution is 2.35. The predicted molar refractivity (Wildman–Crippen MR) is 93.7 cm³/mol. The van der Waals surface area contributed by atoms with E-state index in [0.717, 1.165) is 24.1 Å². The quantitative estimate of drug-likeness (QED) is 0.779. The predicted octanol–water partition coefficient (Wildman–Crippen LogP) is 4.26. The Bertz CT molecular complexity index is 741. The Labute approximate surface area is 132 Å². The lowest BCUT2D eigenvalue weighted by molar-refractivity contribution is 0.417. The summed E-state index contributed by atoms with van der Waals surface area (Å²) in [5.74, 6) is 0.310. The van der Waals surface area contributed by atoms with E-state index in [0.29, 0.717) is 5.75 Å². The summed E-state index contributed by atoms with van der Waals surface area (Å²) in [4.78, 5) is 2.18. The van der Waals surface area contributed by atoms with E-state index < -0.39 is 0 Å². The monoisotopic (exact) mass is 291 g/mol. The molecule has 2 nitrogen and oxygen atoms in total. The van der Waals surface area contributed by atoms with E-state index in [9.17, 15) is 5.11 Å². The zero-order valence-electron chi connectivity index (χ0n) is 13.1. The molecule has 0 atom stereocenters. The molecule has 22 heavy (non-hydrogen) atoms. The third kappa shape index (κ3) is 2.97. The lowest BCUT2D eigenvalue weighted by Gasteiger charge is -2.13. The molecule has 0 aliphatic heterocycles. The number of phenolic OH excluding ortho intramolecular Hbond substituents is 1. The number of hydrogen-bond acceptors (Lipinski definition) is 2. The normalized spacial score (nSPS) is 14.8. The summed E-state index contributed by atoms with van der Waals surface area (Å²) in [5, 5.41) is 9.90. The minimum absolute atomic E-state index is 0.310. The highest BCUT2D eigenvalue weighted by Gasteiger charge is 2.15. The van der Waals surface area contributed by atoms with Crippen LogP contribution in [0.2, 0.25) is 0 Å². The van der Waals surface area contributed by atoms with Crippen LogP contribution in [-0.2, 0) is 0 Å². The van der Waals surface area contributed by atoms with E-state index in [-0.39, 0.29) is 0 Å². The first-order valence-corrected chi connectivity index (χ1v) is 7.61. The molecule has 2 aromatic rings. The molecule has 0 bridgehead atoms. The fourth-order valence-corrected chi connectivity index (χ4v) is 2.82. The van der Waals surface area contributed by atoms with E-state index in [1.165, 1.54) is 16.7 Å². The molecule has 1 N–H and O–H groups in total. The molecule has 0 aromatic heterocycles. The fourth-order valence-electron chi connectivity index (χ4n) is 2.82. The van der Waals surface area contributed by atoms with Gasteiger partial charge in [-0.2, -0.15) is 0 Å². The molecule has 3 rings (SSSR count). The van der Waals surface area contributed by atoms with Crippen LogP contribution in [0.3, 0.4) is 0 Å². The van der Waals surface area contributed by atoms with Gasteiger partial charge >= 0.3 is 0 Å². The van der Waals surface area contributed by atoms with Crippen LogP contribution < -0.4 is 0 Å². The zero-order chi connectivity index (χ0) is 15.5. The van der Waals surface area contributed by atoms with Crippen LogP contribution in [0, 0.1) is 0 Å². The van der Waals surface area contributed by atoms with Crippen LogP contribution >= 0.6 is 0 Å². The molecule has 0 amide bonds. The maximum atomic E-state index is 9.90. The Morgan fingerprint density at radius 1 is 0.955 bits per heavy atom. The number of phenols is 1. The van der Waals surface area contributed by atoms with Gasteiger partial charge in [-0.15, -0.1) is 0 Å². The minimum Gasteiger partial charge on any atom is -0.508 e. The summed E-state index contributed by atoms with van der Waals surface area (Å²) >= 11 is 0. The smallest absolute Gasteiger partial charge is 0.116 e. The van der Waals surface area contributed by atoms with Crippen molar-refractivity contribution in [3.05, 3.63) is 70.8 Å². The molecule has 0 fully saturated rings. The van der Waals surface area contributed by atoms with E-state index in [1.807, 2.05) is 12.1 Å². The van der Waals surface area contributed by atoms with Gasteiger partial charge in [0.15, 0.2) is 0 Å². The van der Waals surface area contributed by atoms with Crippen LogP contribution in [0.25, 0.3) is 17.7 Å². The van der Waals surface area contributed by atoms with Gasteiger partial charge in [0.2, 0.25) is 0 Å². The highest BCUT2D eigenvalue weighted by molar-refractivity contribution is 5.94. The molecule has 0 saturated heterocycles. The van der Waals surface area contributed by atoms with Crippen molar-refractivity contribution >= 4 is 17.7 Å². The van der Waals surface area contributed by atoms with E-state index >= 15 is 0 Å². The molecule has 2 aromatic carbocycles. The number of aromatic hydroxyl groups is 1. The maximum absolute atomic E-state index is 9.90. The van der Waals surface area contributed by atoms with Gasteiger partial charge in [0.25, 0.3) is 0 Å². The average molecular weight is 291 g/mol. The second-order valence-corrected chi connectivity index (χ2v) is 5.90. The first kappa shape index (κ1) is 14.6. The van der Waals surface area contributed by atoms with Crippen molar-refractivity contribution in [2.45, 2.75) is 6.42 Å². The van der Waals surface area contributed by atoms with Crippen molar-refractivity contribution in [2.24, 2.45) is 0 Å². The summed E-state index contributed by atoms with van der Waals surface area (Å²) in [6.45, 7) is 1.01. The number of benzene rings is 2. The Hall–Kier alpha value is -2.32. The van der Waals surface area contributed by atoms with Gasteiger partial charge in [-0.1, -0.05) is 48.6 Å². The first-order chi connectivity index (χ1) is 10.6. The Kier molecular flexibility index (Phi) is 4.12. The molecular weight excluding hydrogens is 270 g/mol. The largest absolute Gasteiger partial charge is 0.508 e. The SMILES string of the molecule is CN(C)CC/C=C1/c2ccccc2C=Cc2ccc(O)cc21. The van der Waals surface area contributed by atoms with E-state index in [4.69, 9.17) is 0 Å². The van der Waals surface area contributed by atoms with Gasteiger partial charge < -0.3 is 10.0 Å². The molecular formula is C20H21NO. The lowest BCUT2D eigenvalue weighted by Crippen LogP contribution is -2.12. The molecule has 0 spiro atoms. The summed E-state index contributed by atoms with van der Waals surface area (Å²) in [5.41, 5.74) is 5.88. The van der Waals surface area contributed by atoms with Gasteiger partial charge in [-0.25, -0.2) is 0 Å². The van der Waals surface area contributed by atoms with Crippen molar-refractivity contribution in [2.75, 3.05) is 20.6 Å². The van der Waals surface area contributed by atoms with Gasteiger partial charge in [0, 0.05) is 6.54 Å². The van der Waals surface area contributed by atoms with Crippen molar-refractivity contribution in [1.82, 2.24) is 4.90 Å². The Balaban J connectivity index is 2.13. The van der Waals surface area contributed by atoms with E-state index in [1.54, 1.807) is 6.07 Å². The topological polar surface area (TPSA) is 23.5 Å². The Morgan fingerprint density at radius 3 is 2.45 bits per heavy atom. The third-order valence-corrected chi connectivity index (χ3v) is 3.95. The van der Waals surface area contributed by atoms with Gasteiger partial charge in [-0.3, -0.25) is 0 Å². The first-order valence-electron chi connectivity index (χ1n) is 7.61. The number of fused-ring (bicyclic) bond motifs is 2. The standard InChI is InChI=1S/C20H21NO/c1-21(2)13-5-8-19-18-7-4-3-6-15(18)9-10-16-11-12-17(22)14-20(16)19/h3-4,6-12,14,22H,5,13H2,1-2H3/b19-8-. The second kappa shape index (κ2) is 6.20. The van der Waals surface area contributed by atoms with Crippen molar-refractivity contribution in [3.8, 4) is 5.75 Å². The summed E-state index contributed by atoms with van der Waals surface area (Å²) < 4.78 is 0.